The molecule has 1 atom stereocenters. The van der Waals surface area contributed by atoms with Crippen LogP contribution in [0.4, 0.5) is 4.39 Å². The lowest BCUT2D eigenvalue weighted by Gasteiger charge is -2.38. The van der Waals surface area contributed by atoms with Crippen molar-refractivity contribution in [2.45, 2.75) is 38.6 Å². The largest absolute Gasteiger partial charge is 0.329 e. The summed E-state index contributed by atoms with van der Waals surface area (Å²) in [5, 5.41) is 0. The van der Waals surface area contributed by atoms with Crippen molar-refractivity contribution in [3.8, 4) is 0 Å². The Morgan fingerprint density at radius 1 is 1.39 bits per heavy atom. The highest BCUT2D eigenvalue weighted by atomic mass is 19.1. The first-order valence-corrected chi connectivity index (χ1v) is 6.67. The molecular weight excluding hydrogens is 227 g/mol. The van der Waals surface area contributed by atoms with Gasteiger partial charge in [0.15, 0.2) is 0 Å². The third-order valence-electron chi connectivity index (χ3n) is 3.68. The average Bonchev–Trinajstić information content (AvgIpc) is 2.35. The van der Waals surface area contributed by atoms with Gasteiger partial charge in [-0.2, -0.15) is 0 Å². The van der Waals surface area contributed by atoms with E-state index in [9.17, 15) is 4.39 Å². The zero-order chi connectivity index (χ0) is 13.6. The molecule has 0 bridgehead atoms. The molecule has 1 rings (SSSR count). The van der Waals surface area contributed by atoms with Gasteiger partial charge in [0, 0.05) is 12.1 Å². The smallest absolute Gasteiger partial charge is 0.123 e. The Hall–Kier alpha value is -0.930. The maximum Gasteiger partial charge on any atom is 0.123 e. The molecule has 1 unspecified atom stereocenters. The fraction of sp³-hybridized carbons (Fsp3) is 0.600. The van der Waals surface area contributed by atoms with Crippen LogP contribution in [-0.4, -0.2) is 30.6 Å². The zero-order valence-corrected chi connectivity index (χ0v) is 11.7. The van der Waals surface area contributed by atoms with Crippen LogP contribution in [0.5, 0.6) is 0 Å². The Kier molecular flexibility index (Phi) is 5.76. The van der Waals surface area contributed by atoms with E-state index in [1.165, 1.54) is 12.5 Å². The van der Waals surface area contributed by atoms with E-state index in [1.807, 2.05) is 6.07 Å². The lowest BCUT2D eigenvalue weighted by Crippen LogP contribution is -2.51. The summed E-state index contributed by atoms with van der Waals surface area (Å²) in [5.41, 5.74) is 6.83. The second kappa shape index (κ2) is 6.86. The second-order valence-electron chi connectivity index (χ2n) is 5.28. The van der Waals surface area contributed by atoms with Crippen molar-refractivity contribution in [3.05, 3.63) is 35.6 Å². The van der Waals surface area contributed by atoms with Gasteiger partial charge in [-0.1, -0.05) is 25.5 Å². The number of nitrogens with zero attached hydrogens (tertiary/aromatic N) is 1. The van der Waals surface area contributed by atoms with E-state index < -0.39 is 0 Å². The van der Waals surface area contributed by atoms with Crippen LogP contribution in [0.25, 0.3) is 0 Å². The van der Waals surface area contributed by atoms with Gasteiger partial charge in [0.2, 0.25) is 0 Å². The second-order valence-corrected chi connectivity index (χ2v) is 5.28. The Bertz CT molecular complexity index is 367. The van der Waals surface area contributed by atoms with Gasteiger partial charge in [-0.25, -0.2) is 4.39 Å². The van der Waals surface area contributed by atoms with E-state index in [-0.39, 0.29) is 11.4 Å². The van der Waals surface area contributed by atoms with E-state index in [4.69, 9.17) is 5.73 Å². The Morgan fingerprint density at radius 2 is 2.11 bits per heavy atom. The minimum absolute atomic E-state index is 0.108. The zero-order valence-electron chi connectivity index (χ0n) is 11.7. The molecule has 2 nitrogen and oxygen atoms in total. The maximum absolute atomic E-state index is 13.2. The molecular formula is C15H25FN2. The molecule has 0 saturated carbocycles. The van der Waals surface area contributed by atoms with Gasteiger partial charge in [0.1, 0.15) is 5.82 Å². The van der Waals surface area contributed by atoms with E-state index in [1.54, 1.807) is 12.1 Å². The summed E-state index contributed by atoms with van der Waals surface area (Å²) in [6.07, 6.45) is 3.11. The first-order valence-electron chi connectivity index (χ1n) is 6.67. The Balaban J connectivity index is 2.75. The van der Waals surface area contributed by atoms with Crippen molar-refractivity contribution < 1.29 is 4.39 Å². The molecule has 0 aliphatic heterocycles. The molecule has 2 N–H and O–H groups in total. The minimum atomic E-state index is -0.178. The lowest BCUT2D eigenvalue weighted by molar-refractivity contribution is 0.142. The summed E-state index contributed by atoms with van der Waals surface area (Å²) >= 11 is 0. The fourth-order valence-corrected chi connectivity index (χ4v) is 2.11. The maximum atomic E-state index is 13.2. The Labute approximate surface area is 110 Å². The summed E-state index contributed by atoms with van der Waals surface area (Å²) in [5.74, 6) is -0.178. The van der Waals surface area contributed by atoms with Gasteiger partial charge in [-0.3, -0.25) is 4.90 Å². The Morgan fingerprint density at radius 3 is 2.67 bits per heavy atom. The van der Waals surface area contributed by atoms with Crippen LogP contribution in [-0.2, 0) is 6.42 Å². The van der Waals surface area contributed by atoms with Gasteiger partial charge < -0.3 is 5.73 Å². The molecule has 0 aromatic heterocycles. The average molecular weight is 252 g/mol. The van der Waals surface area contributed by atoms with Gasteiger partial charge in [-0.05, 0) is 51.1 Å². The standard InChI is InChI=1S/C15H25FN2/c1-4-5-9-18(3)15(2,12-17)11-13-7-6-8-14(16)10-13/h6-8,10H,4-5,9,11-12,17H2,1-3H3. The number of benzene rings is 1. The first kappa shape index (κ1) is 15.1. The molecule has 0 amide bonds. The first-order chi connectivity index (χ1) is 8.51. The van der Waals surface area contributed by atoms with Crippen molar-refractivity contribution in [1.29, 1.82) is 0 Å². The van der Waals surface area contributed by atoms with Gasteiger partial charge in [0.05, 0.1) is 0 Å². The molecule has 1 aromatic carbocycles. The molecule has 0 fully saturated rings. The predicted molar refractivity (Wildman–Crippen MR) is 75.1 cm³/mol. The van der Waals surface area contributed by atoms with Crippen LogP contribution in [0, 0.1) is 5.82 Å². The van der Waals surface area contributed by atoms with Crippen molar-refractivity contribution in [3.63, 3.8) is 0 Å². The van der Waals surface area contributed by atoms with Crippen LogP contribution in [0.2, 0.25) is 0 Å². The van der Waals surface area contributed by atoms with Gasteiger partial charge in [-0.15, -0.1) is 0 Å². The summed E-state index contributed by atoms with van der Waals surface area (Å²) in [4.78, 5) is 2.29. The topological polar surface area (TPSA) is 29.3 Å². The number of hydrogen-bond donors (Lipinski definition) is 1. The van der Waals surface area contributed by atoms with Crippen LogP contribution in [0.15, 0.2) is 24.3 Å². The van der Waals surface area contributed by atoms with Crippen molar-refractivity contribution >= 4 is 0 Å². The molecule has 0 radical (unpaired) electrons. The molecule has 0 aliphatic carbocycles. The summed E-state index contributed by atoms with van der Waals surface area (Å²) in [7, 11) is 2.10. The number of unbranched alkanes of at least 4 members (excludes halogenated alkanes) is 1. The van der Waals surface area contributed by atoms with Crippen LogP contribution in [0.1, 0.15) is 32.3 Å². The van der Waals surface area contributed by atoms with E-state index in [0.717, 1.165) is 24.9 Å². The number of hydrogen-bond acceptors (Lipinski definition) is 2. The third kappa shape index (κ3) is 4.07. The lowest BCUT2D eigenvalue weighted by atomic mass is 9.91. The number of rotatable bonds is 7. The molecule has 102 valence electrons. The minimum Gasteiger partial charge on any atom is -0.329 e. The molecule has 0 aliphatic rings. The summed E-state index contributed by atoms with van der Waals surface area (Å²) < 4.78 is 13.2. The highest BCUT2D eigenvalue weighted by molar-refractivity contribution is 5.19. The van der Waals surface area contributed by atoms with Crippen molar-refractivity contribution in [1.82, 2.24) is 4.90 Å². The highest BCUT2D eigenvalue weighted by Gasteiger charge is 2.27. The molecule has 18 heavy (non-hydrogen) atoms. The van der Waals surface area contributed by atoms with Gasteiger partial charge >= 0.3 is 0 Å². The predicted octanol–water partition coefficient (Wildman–Crippen LogP) is 2.82. The summed E-state index contributed by atoms with van der Waals surface area (Å²) in [6.45, 7) is 5.93. The molecule has 3 heteroatoms. The SMILES string of the molecule is CCCCN(C)C(C)(CN)Cc1cccc(F)c1. The van der Waals surface area contributed by atoms with Crippen LogP contribution in [0.3, 0.4) is 0 Å². The fourth-order valence-electron chi connectivity index (χ4n) is 2.11. The van der Waals surface area contributed by atoms with E-state index in [2.05, 4.69) is 25.8 Å². The van der Waals surface area contributed by atoms with Gasteiger partial charge in [0.25, 0.3) is 0 Å². The number of likely N-dealkylation sites (N-methyl/N-ethyl adjacent to an activating group) is 1. The molecule has 0 saturated heterocycles. The van der Waals surface area contributed by atoms with E-state index >= 15 is 0 Å². The quantitative estimate of drug-likeness (QED) is 0.808. The third-order valence-corrected chi connectivity index (χ3v) is 3.68. The summed E-state index contributed by atoms with van der Waals surface area (Å²) in [6, 6.07) is 6.80. The van der Waals surface area contributed by atoms with Crippen molar-refractivity contribution in [2.24, 2.45) is 5.73 Å². The number of halogens is 1. The van der Waals surface area contributed by atoms with Crippen LogP contribution < -0.4 is 5.73 Å². The molecule has 0 spiro atoms. The molecule has 0 heterocycles. The monoisotopic (exact) mass is 252 g/mol. The highest BCUT2D eigenvalue weighted by Crippen LogP contribution is 2.19. The molecule has 1 aromatic rings. The normalized spacial score (nSPS) is 14.8. The van der Waals surface area contributed by atoms with E-state index in [0.29, 0.717) is 6.54 Å². The van der Waals surface area contributed by atoms with Crippen molar-refractivity contribution in [2.75, 3.05) is 20.1 Å². The number of nitrogens with two attached hydrogens (primary N) is 1. The van der Waals surface area contributed by atoms with Crippen LogP contribution >= 0.6 is 0 Å².